The Balaban J connectivity index is 2.03. The summed E-state index contributed by atoms with van der Waals surface area (Å²) < 4.78 is 0. The maximum atomic E-state index is 12.0. The molecule has 4 nitrogen and oxygen atoms in total. The first kappa shape index (κ1) is 18.2. The number of carbonyl (C=O) groups is 1. The van der Waals surface area contributed by atoms with Gasteiger partial charge < -0.3 is 5.73 Å². The van der Waals surface area contributed by atoms with Crippen LogP contribution < -0.4 is 5.73 Å². The number of rotatable bonds is 7. The maximum absolute atomic E-state index is 12.0. The summed E-state index contributed by atoms with van der Waals surface area (Å²) in [6.07, 6.45) is 1.51. The number of primary amides is 1. The molecule has 0 saturated carbocycles. The summed E-state index contributed by atoms with van der Waals surface area (Å²) in [6, 6.07) is 20.9. The fourth-order valence-electron chi connectivity index (χ4n) is 3.37. The van der Waals surface area contributed by atoms with Gasteiger partial charge in [-0.25, -0.2) is 4.79 Å². The van der Waals surface area contributed by atoms with Gasteiger partial charge >= 0.3 is 6.03 Å². The molecule has 3 aromatic rings. The lowest BCUT2D eigenvalue weighted by molar-refractivity contribution is -0.125. The van der Waals surface area contributed by atoms with Gasteiger partial charge in [0.1, 0.15) is 0 Å². The van der Waals surface area contributed by atoms with Crippen molar-refractivity contribution in [1.29, 1.82) is 0 Å². The summed E-state index contributed by atoms with van der Waals surface area (Å²) in [5.41, 5.74) is 7.79. The van der Waals surface area contributed by atoms with Crippen LogP contribution in [0.5, 0.6) is 0 Å². The lowest BCUT2D eigenvalue weighted by atomic mass is 9.80. The molecule has 0 spiro atoms. The summed E-state index contributed by atoms with van der Waals surface area (Å²) >= 11 is 1.60. The van der Waals surface area contributed by atoms with Crippen LogP contribution in [0.1, 0.15) is 16.7 Å². The summed E-state index contributed by atoms with van der Waals surface area (Å²) in [6.45, 7) is 0. The summed E-state index contributed by atoms with van der Waals surface area (Å²) in [4.78, 5) is 12.0. The maximum Gasteiger partial charge on any atom is 0.339 e. The van der Waals surface area contributed by atoms with Crippen molar-refractivity contribution in [3.05, 3.63) is 94.2 Å². The molecule has 0 radical (unpaired) electrons. The standard InChI is InChI=1S/C21H22N2O2S/c22-20(24)23(25)21(15-19-11-12-26-16-19,13-17-7-3-1-4-8-17)14-18-9-5-2-6-10-18/h1-12,16,25H,13-15H2,(H2,22,24). The normalized spacial score (nSPS) is 11.3. The van der Waals surface area contributed by atoms with Crippen molar-refractivity contribution in [3.63, 3.8) is 0 Å². The summed E-state index contributed by atoms with van der Waals surface area (Å²) in [5.74, 6) is 0. The SMILES string of the molecule is NC(=O)N(O)C(Cc1ccccc1)(Cc1ccccc1)Cc1ccsc1. The van der Waals surface area contributed by atoms with E-state index in [-0.39, 0.29) is 0 Å². The monoisotopic (exact) mass is 366 g/mol. The van der Waals surface area contributed by atoms with Crippen LogP contribution in [-0.4, -0.2) is 21.8 Å². The smallest absolute Gasteiger partial charge is 0.339 e. The third-order valence-electron chi connectivity index (χ3n) is 4.52. The van der Waals surface area contributed by atoms with Crippen molar-refractivity contribution in [2.75, 3.05) is 0 Å². The highest BCUT2D eigenvalue weighted by Crippen LogP contribution is 2.30. The number of nitrogens with zero attached hydrogens (tertiary/aromatic N) is 1. The van der Waals surface area contributed by atoms with E-state index < -0.39 is 11.6 Å². The van der Waals surface area contributed by atoms with Crippen LogP contribution in [0, 0.1) is 0 Å². The molecule has 0 aliphatic heterocycles. The number of hydrogen-bond acceptors (Lipinski definition) is 3. The van der Waals surface area contributed by atoms with E-state index in [1.807, 2.05) is 77.5 Å². The average molecular weight is 366 g/mol. The Morgan fingerprint density at radius 3 is 1.81 bits per heavy atom. The van der Waals surface area contributed by atoms with E-state index in [0.29, 0.717) is 19.3 Å². The molecule has 0 aliphatic carbocycles. The number of hydroxylamine groups is 2. The highest BCUT2D eigenvalue weighted by atomic mass is 32.1. The first-order valence-electron chi connectivity index (χ1n) is 8.46. The van der Waals surface area contributed by atoms with Crippen molar-refractivity contribution in [2.45, 2.75) is 24.8 Å². The van der Waals surface area contributed by atoms with Gasteiger partial charge in [0.15, 0.2) is 0 Å². The molecule has 3 N–H and O–H groups in total. The molecule has 3 rings (SSSR count). The number of thiophene rings is 1. The zero-order valence-electron chi connectivity index (χ0n) is 14.4. The molecule has 0 atom stereocenters. The van der Waals surface area contributed by atoms with E-state index in [4.69, 9.17) is 5.73 Å². The van der Waals surface area contributed by atoms with Crippen LogP contribution in [0.3, 0.4) is 0 Å². The van der Waals surface area contributed by atoms with Crippen molar-refractivity contribution in [2.24, 2.45) is 5.73 Å². The van der Waals surface area contributed by atoms with Crippen molar-refractivity contribution in [3.8, 4) is 0 Å². The van der Waals surface area contributed by atoms with Crippen molar-refractivity contribution >= 4 is 17.4 Å². The molecule has 134 valence electrons. The highest BCUT2D eigenvalue weighted by molar-refractivity contribution is 7.07. The number of hydrogen-bond donors (Lipinski definition) is 2. The van der Waals surface area contributed by atoms with E-state index in [9.17, 15) is 10.0 Å². The molecule has 2 aromatic carbocycles. The van der Waals surface area contributed by atoms with Crippen LogP contribution in [-0.2, 0) is 19.3 Å². The molecule has 0 aliphatic rings. The third-order valence-corrected chi connectivity index (χ3v) is 5.26. The number of nitrogens with two attached hydrogens (primary N) is 1. The second-order valence-corrected chi connectivity index (χ2v) is 7.29. The zero-order valence-corrected chi connectivity index (χ0v) is 15.2. The minimum atomic E-state index is -0.865. The lowest BCUT2D eigenvalue weighted by Gasteiger charge is -2.39. The Labute approximate surface area is 157 Å². The van der Waals surface area contributed by atoms with Crippen LogP contribution in [0.2, 0.25) is 0 Å². The second-order valence-electron chi connectivity index (χ2n) is 6.51. The Kier molecular flexibility index (Phi) is 5.71. The molecule has 0 bridgehead atoms. The Morgan fingerprint density at radius 1 is 0.885 bits per heavy atom. The number of carbonyl (C=O) groups excluding carboxylic acids is 1. The quantitative estimate of drug-likeness (QED) is 0.484. The first-order chi connectivity index (χ1) is 12.6. The molecule has 0 fully saturated rings. The number of urea groups is 1. The van der Waals surface area contributed by atoms with Gasteiger partial charge in [-0.15, -0.1) is 0 Å². The summed E-state index contributed by atoms with van der Waals surface area (Å²) in [5, 5.41) is 15.5. The minimum absolute atomic E-state index is 0.498. The number of benzene rings is 2. The Morgan fingerprint density at radius 2 is 1.38 bits per heavy atom. The van der Waals surface area contributed by atoms with Gasteiger partial charge in [0.05, 0.1) is 5.54 Å². The van der Waals surface area contributed by atoms with Gasteiger partial charge in [0.2, 0.25) is 0 Å². The molecule has 1 heterocycles. The van der Waals surface area contributed by atoms with Gasteiger partial charge in [-0.2, -0.15) is 16.4 Å². The lowest BCUT2D eigenvalue weighted by Crippen LogP contribution is -2.56. The van der Waals surface area contributed by atoms with E-state index >= 15 is 0 Å². The van der Waals surface area contributed by atoms with Crippen LogP contribution >= 0.6 is 11.3 Å². The van der Waals surface area contributed by atoms with Crippen LogP contribution in [0.25, 0.3) is 0 Å². The van der Waals surface area contributed by atoms with E-state index in [2.05, 4.69) is 0 Å². The van der Waals surface area contributed by atoms with Gasteiger partial charge in [-0.3, -0.25) is 5.21 Å². The molecular weight excluding hydrogens is 344 g/mol. The van der Waals surface area contributed by atoms with Crippen molar-refractivity contribution < 1.29 is 10.0 Å². The van der Waals surface area contributed by atoms with Gasteiger partial charge in [0.25, 0.3) is 0 Å². The van der Waals surface area contributed by atoms with E-state index in [1.54, 1.807) is 11.3 Å². The summed E-state index contributed by atoms with van der Waals surface area (Å²) in [7, 11) is 0. The molecular formula is C21H22N2O2S. The molecule has 26 heavy (non-hydrogen) atoms. The van der Waals surface area contributed by atoms with Crippen LogP contribution in [0.4, 0.5) is 4.79 Å². The van der Waals surface area contributed by atoms with Gasteiger partial charge in [0, 0.05) is 0 Å². The highest BCUT2D eigenvalue weighted by Gasteiger charge is 2.39. The van der Waals surface area contributed by atoms with Gasteiger partial charge in [-0.05, 0) is 52.8 Å². The number of amides is 2. The molecule has 5 heteroatoms. The van der Waals surface area contributed by atoms with E-state index in [1.165, 1.54) is 0 Å². The topological polar surface area (TPSA) is 66.6 Å². The van der Waals surface area contributed by atoms with Crippen LogP contribution in [0.15, 0.2) is 77.5 Å². The van der Waals surface area contributed by atoms with E-state index in [0.717, 1.165) is 21.8 Å². The first-order valence-corrected chi connectivity index (χ1v) is 9.41. The minimum Gasteiger partial charge on any atom is -0.350 e. The van der Waals surface area contributed by atoms with Crippen molar-refractivity contribution in [1.82, 2.24) is 5.06 Å². The average Bonchev–Trinajstić information content (AvgIpc) is 3.15. The largest absolute Gasteiger partial charge is 0.350 e. The molecule has 0 saturated heterocycles. The fourth-order valence-corrected chi connectivity index (χ4v) is 4.04. The molecule has 2 amide bonds. The zero-order chi connectivity index (χ0) is 18.4. The Bertz CT molecular complexity index is 778. The predicted octanol–water partition coefficient (Wildman–Crippen LogP) is 4.28. The molecule has 1 aromatic heterocycles. The molecule has 0 unspecified atom stereocenters. The second kappa shape index (κ2) is 8.17. The fraction of sp³-hybridized carbons (Fsp3) is 0.190. The predicted molar refractivity (Wildman–Crippen MR) is 104 cm³/mol. The third kappa shape index (κ3) is 4.31. The Hall–Kier alpha value is -2.63. The van der Waals surface area contributed by atoms with Gasteiger partial charge in [-0.1, -0.05) is 60.7 Å².